The predicted octanol–water partition coefficient (Wildman–Crippen LogP) is 4.07. The van der Waals surface area contributed by atoms with Crippen LogP contribution in [0.2, 0.25) is 15.1 Å². The van der Waals surface area contributed by atoms with Crippen LogP contribution in [-0.2, 0) is 13.1 Å². The Labute approximate surface area is 162 Å². The normalized spacial score (nSPS) is 14.3. The molecule has 0 aliphatic rings. The molecule has 1 aromatic carbocycles. The number of aromatic nitrogens is 2. The molecule has 2 aromatic rings. The maximum atomic E-state index is 12.8. The highest BCUT2D eigenvalue weighted by atomic mass is 79.9. The molecule has 2 N–H and O–H groups in total. The Kier molecular flexibility index (Phi) is 6.67. The van der Waals surface area contributed by atoms with Crippen LogP contribution in [0, 0.1) is 0 Å². The first kappa shape index (κ1) is 20.1. The summed E-state index contributed by atoms with van der Waals surface area (Å²) < 4.78 is 3.12. The van der Waals surface area contributed by atoms with Crippen LogP contribution in [0.4, 0.5) is 0 Å². The van der Waals surface area contributed by atoms with Crippen LogP contribution in [0.15, 0.2) is 9.27 Å². The van der Waals surface area contributed by atoms with E-state index in [-0.39, 0.29) is 28.2 Å². The molecule has 0 spiro atoms. The van der Waals surface area contributed by atoms with E-state index in [0.29, 0.717) is 28.3 Å². The third-order valence-electron chi connectivity index (χ3n) is 3.95. The second kappa shape index (κ2) is 7.98. The molecule has 24 heavy (non-hydrogen) atoms. The van der Waals surface area contributed by atoms with Gasteiger partial charge in [0.1, 0.15) is 0 Å². The van der Waals surface area contributed by atoms with Crippen molar-refractivity contribution in [3.63, 3.8) is 0 Å². The summed E-state index contributed by atoms with van der Waals surface area (Å²) in [6, 6.07) is 0. The SMILES string of the molecule is CCC(O)Cn1c(=O)n(CC(O)CC)c2c(Cl)c(Br)c(Cl)c(Cl)c21. The molecule has 0 saturated heterocycles. The standard InChI is InChI=1S/C15H18BrCl3N2O3/c1-3-7(22)5-20-13-11(18)9(16)10(17)12(19)14(13)21(15(20)24)6-8(23)4-2/h7-8,22-23H,3-6H2,1-2H3. The molecule has 0 fully saturated rings. The molecule has 0 aliphatic heterocycles. The molecule has 134 valence electrons. The summed E-state index contributed by atoms with van der Waals surface area (Å²) in [6.07, 6.45) is -0.458. The van der Waals surface area contributed by atoms with Crippen molar-refractivity contribution in [2.45, 2.75) is 52.0 Å². The molecule has 0 amide bonds. The summed E-state index contributed by atoms with van der Waals surface area (Å²) in [5.74, 6) is 0. The number of rotatable bonds is 6. The molecule has 0 bridgehead atoms. The molecule has 0 saturated carbocycles. The zero-order valence-electron chi connectivity index (χ0n) is 13.2. The first-order valence-electron chi connectivity index (χ1n) is 7.55. The van der Waals surface area contributed by atoms with Crippen LogP contribution >= 0.6 is 50.7 Å². The van der Waals surface area contributed by atoms with Gasteiger partial charge in [-0.15, -0.1) is 0 Å². The topological polar surface area (TPSA) is 67.4 Å². The van der Waals surface area contributed by atoms with Gasteiger partial charge in [0.25, 0.3) is 0 Å². The van der Waals surface area contributed by atoms with Crippen LogP contribution in [0.1, 0.15) is 26.7 Å². The van der Waals surface area contributed by atoms with E-state index in [1.54, 1.807) is 0 Å². The van der Waals surface area contributed by atoms with Crippen LogP contribution in [0.25, 0.3) is 11.0 Å². The van der Waals surface area contributed by atoms with Gasteiger partial charge in [-0.05, 0) is 28.8 Å². The number of nitrogens with zero attached hydrogens (tertiary/aromatic N) is 2. The largest absolute Gasteiger partial charge is 0.391 e. The minimum Gasteiger partial charge on any atom is -0.391 e. The van der Waals surface area contributed by atoms with Crippen molar-refractivity contribution in [3.05, 3.63) is 30.0 Å². The molecule has 2 rings (SSSR count). The fraction of sp³-hybridized carbons (Fsp3) is 0.533. The number of hydrogen-bond acceptors (Lipinski definition) is 3. The maximum absolute atomic E-state index is 12.8. The van der Waals surface area contributed by atoms with E-state index in [1.807, 2.05) is 13.8 Å². The van der Waals surface area contributed by atoms with Gasteiger partial charge in [0.2, 0.25) is 0 Å². The number of benzene rings is 1. The number of fused-ring (bicyclic) bond motifs is 1. The first-order valence-corrected chi connectivity index (χ1v) is 9.48. The fourth-order valence-corrected chi connectivity index (χ4v) is 3.76. The fourth-order valence-electron chi connectivity index (χ4n) is 2.46. The first-order chi connectivity index (χ1) is 11.2. The quantitative estimate of drug-likeness (QED) is 0.505. The lowest BCUT2D eigenvalue weighted by atomic mass is 10.2. The van der Waals surface area contributed by atoms with Crippen molar-refractivity contribution in [1.82, 2.24) is 9.13 Å². The van der Waals surface area contributed by atoms with Gasteiger partial charge in [0.15, 0.2) is 0 Å². The molecule has 5 nitrogen and oxygen atoms in total. The van der Waals surface area contributed by atoms with E-state index in [1.165, 1.54) is 9.13 Å². The summed E-state index contributed by atoms with van der Waals surface area (Å²) in [5.41, 5.74) is 0.345. The third-order valence-corrected chi connectivity index (χ3v) is 6.41. The van der Waals surface area contributed by atoms with Crippen molar-refractivity contribution in [1.29, 1.82) is 0 Å². The summed E-state index contributed by atoms with van der Waals surface area (Å²) in [4.78, 5) is 12.8. The molecule has 0 radical (unpaired) electrons. The average Bonchev–Trinajstić information content (AvgIpc) is 2.83. The molecule has 1 heterocycles. The van der Waals surface area contributed by atoms with Gasteiger partial charge in [-0.3, -0.25) is 9.13 Å². The Morgan fingerprint density at radius 1 is 0.917 bits per heavy atom. The molecular weight excluding hydrogens is 442 g/mol. The smallest absolute Gasteiger partial charge is 0.329 e. The second-order valence-corrected chi connectivity index (χ2v) is 7.51. The summed E-state index contributed by atoms with van der Waals surface area (Å²) >= 11 is 22.2. The predicted molar refractivity (Wildman–Crippen MR) is 102 cm³/mol. The van der Waals surface area contributed by atoms with E-state index >= 15 is 0 Å². The van der Waals surface area contributed by atoms with E-state index in [9.17, 15) is 15.0 Å². The maximum Gasteiger partial charge on any atom is 0.329 e. The molecule has 9 heteroatoms. The second-order valence-electron chi connectivity index (χ2n) is 5.58. The highest BCUT2D eigenvalue weighted by molar-refractivity contribution is 9.10. The lowest BCUT2D eigenvalue weighted by Crippen LogP contribution is -2.31. The lowest BCUT2D eigenvalue weighted by molar-refractivity contribution is 0.144. The van der Waals surface area contributed by atoms with Gasteiger partial charge >= 0.3 is 5.69 Å². The summed E-state index contributed by atoms with van der Waals surface area (Å²) in [7, 11) is 0. The van der Waals surface area contributed by atoms with Gasteiger partial charge < -0.3 is 10.2 Å². The van der Waals surface area contributed by atoms with E-state index in [2.05, 4.69) is 15.9 Å². The molecule has 1 aromatic heterocycles. The minimum atomic E-state index is -0.713. The average molecular weight is 461 g/mol. The Morgan fingerprint density at radius 2 is 1.33 bits per heavy atom. The molecular formula is C15H18BrCl3N2O3. The third kappa shape index (κ3) is 3.50. The van der Waals surface area contributed by atoms with E-state index < -0.39 is 17.9 Å². The highest BCUT2D eigenvalue weighted by Crippen LogP contribution is 2.43. The number of aliphatic hydroxyl groups excluding tert-OH is 2. The van der Waals surface area contributed by atoms with Crippen molar-refractivity contribution in [3.8, 4) is 0 Å². The summed E-state index contributed by atoms with van der Waals surface area (Å²) in [6.45, 7) is 3.77. The monoisotopic (exact) mass is 458 g/mol. The van der Waals surface area contributed by atoms with Gasteiger partial charge in [-0.1, -0.05) is 48.7 Å². The van der Waals surface area contributed by atoms with Crippen LogP contribution < -0.4 is 5.69 Å². The zero-order chi connectivity index (χ0) is 18.2. The zero-order valence-corrected chi connectivity index (χ0v) is 17.0. The molecule has 2 atom stereocenters. The Bertz CT molecular complexity index is 755. The number of imidazole rings is 1. The number of hydrogen-bond donors (Lipinski definition) is 2. The van der Waals surface area contributed by atoms with Crippen LogP contribution in [-0.4, -0.2) is 31.6 Å². The van der Waals surface area contributed by atoms with E-state index in [4.69, 9.17) is 34.8 Å². The van der Waals surface area contributed by atoms with Crippen LogP contribution in [0.5, 0.6) is 0 Å². The Hall–Kier alpha value is -0.240. The molecule has 0 aliphatic carbocycles. The molecule has 2 unspecified atom stereocenters. The Balaban J connectivity index is 2.86. The van der Waals surface area contributed by atoms with Gasteiger partial charge in [0.05, 0.1) is 55.9 Å². The van der Waals surface area contributed by atoms with Crippen molar-refractivity contribution in [2.24, 2.45) is 0 Å². The summed E-state index contributed by atoms with van der Waals surface area (Å²) in [5, 5.41) is 20.6. The van der Waals surface area contributed by atoms with Gasteiger partial charge in [0, 0.05) is 0 Å². The van der Waals surface area contributed by atoms with Crippen molar-refractivity contribution in [2.75, 3.05) is 0 Å². The lowest BCUT2D eigenvalue weighted by Gasteiger charge is -2.12. The van der Waals surface area contributed by atoms with Crippen molar-refractivity contribution >= 4 is 61.8 Å². The Morgan fingerprint density at radius 3 is 1.75 bits per heavy atom. The van der Waals surface area contributed by atoms with E-state index in [0.717, 1.165) is 0 Å². The van der Waals surface area contributed by atoms with Crippen molar-refractivity contribution < 1.29 is 10.2 Å². The van der Waals surface area contributed by atoms with Gasteiger partial charge in [-0.2, -0.15) is 0 Å². The van der Waals surface area contributed by atoms with Crippen LogP contribution in [0.3, 0.4) is 0 Å². The number of aliphatic hydroxyl groups is 2. The minimum absolute atomic E-state index is 0.0645. The number of halogens is 4. The highest BCUT2D eigenvalue weighted by Gasteiger charge is 2.25. The van der Waals surface area contributed by atoms with Gasteiger partial charge in [-0.25, -0.2) is 4.79 Å².